The molecule has 0 fully saturated rings. The fourth-order valence-electron chi connectivity index (χ4n) is 1.75. The van der Waals surface area contributed by atoms with Crippen LogP contribution < -0.4 is 19.5 Å². The highest BCUT2D eigenvalue weighted by molar-refractivity contribution is 5.51. The highest BCUT2D eigenvalue weighted by atomic mass is 16.7. The van der Waals surface area contributed by atoms with Gasteiger partial charge in [-0.05, 0) is 19.0 Å². The molecule has 0 radical (unpaired) electrons. The van der Waals surface area contributed by atoms with Crippen LogP contribution in [0.25, 0.3) is 0 Å². The second kappa shape index (κ2) is 6.12. The lowest BCUT2D eigenvalue weighted by Gasteiger charge is -2.11. The van der Waals surface area contributed by atoms with Crippen molar-refractivity contribution in [3.05, 3.63) is 17.7 Å². The van der Waals surface area contributed by atoms with E-state index in [1.165, 1.54) is 0 Å². The zero-order valence-electron chi connectivity index (χ0n) is 10.4. The van der Waals surface area contributed by atoms with Crippen LogP contribution in [-0.4, -0.2) is 19.9 Å². The molecule has 0 saturated carbocycles. The average molecular weight is 248 g/mol. The van der Waals surface area contributed by atoms with Crippen LogP contribution in [0.4, 0.5) is 0 Å². The molecule has 1 aromatic carbocycles. The van der Waals surface area contributed by atoms with Gasteiger partial charge in [0, 0.05) is 18.2 Å². The van der Waals surface area contributed by atoms with E-state index in [1.807, 2.05) is 12.1 Å². The quantitative estimate of drug-likeness (QED) is 0.778. The third kappa shape index (κ3) is 2.84. The summed E-state index contributed by atoms with van der Waals surface area (Å²) in [5.41, 5.74) is 0.975. The van der Waals surface area contributed by atoms with Gasteiger partial charge >= 0.3 is 0 Å². The van der Waals surface area contributed by atoms with Gasteiger partial charge in [0.05, 0.1) is 0 Å². The van der Waals surface area contributed by atoms with E-state index in [9.17, 15) is 0 Å². The number of nitrogens with one attached hydrogen (secondary N) is 1. The monoisotopic (exact) mass is 248 g/mol. The van der Waals surface area contributed by atoms with Crippen LogP contribution in [0.2, 0.25) is 0 Å². The first kappa shape index (κ1) is 12.5. The number of ether oxygens (including phenoxy) is 3. The van der Waals surface area contributed by atoms with Crippen molar-refractivity contribution in [2.24, 2.45) is 0 Å². The van der Waals surface area contributed by atoms with E-state index in [4.69, 9.17) is 19.5 Å². The van der Waals surface area contributed by atoms with E-state index < -0.39 is 0 Å². The Morgan fingerprint density at radius 2 is 2.17 bits per heavy atom. The summed E-state index contributed by atoms with van der Waals surface area (Å²) in [7, 11) is 0. The van der Waals surface area contributed by atoms with E-state index in [1.54, 1.807) is 6.07 Å². The Morgan fingerprint density at radius 1 is 1.39 bits per heavy atom. The zero-order valence-corrected chi connectivity index (χ0v) is 10.4. The van der Waals surface area contributed by atoms with Crippen LogP contribution in [-0.2, 0) is 6.54 Å². The molecule has 0 aliphatic carbocycles. The van der Waals surface area contributed by atoms with Crippen molar-refractivity contribution >= 4 is 0 Å². The van der Waals surface area contributed by atoms with Gasteiger partial charge in [-0.25, -0.2) is 0 Å². The predicted octanol–water partition coefficient (Wildman–Crippen LogP) is 1.82. The van der Waals surface area contributed by atoms with Crippen molar-refractivity contribution in [1.82, 2.24) is 5.32 Å². The standard InChI is InChI=1S/C13H16N2O3/c1-2-4-15-8-10-6-12-13(18-9-17-12)7-11(10)16-5-3-14/h6-7,15H,2,4-5,8-9H2,1H3. The number of nitrogens with zero attached hydrogens (tertiary/aromatic N) is 1. The van der Waals surface area contributed by atoms with Gasteiger partial charge in [-0.15, -0.1) is 0 Å². The molecule has 1 N–H and O–H groups in total. The van der Waals surface area contributed by atoms with E-state index in [0.717, 1.165) is 24.3 Å². The maximum absolute atomic E-state index is 8.58. The molecule has 1 aromatic rings. The van der Waals surface area contributed by atoms with E-state index >= 15 is 0 Å². The molecule has 5 heteroatoms. The summed E-state index contributed by atoms with van der Waals surface area (Å²) in [5, 5.41) is 11.9. The lowest BCUT2D eigenvalue weighted by Crippen LogP contribution is -2.14. The van der Waals surface area contributed by atoms with Crippen LogP contribution in [0.15, 0.2) is 12.1 Å². The second-order valence-electron chi connectivity index (χ2n) is 3.94. The molecule has 0 spiro atoms. The van der Waals surface area contributed by atoms with Crippen LogP contribution in [0.3, 0.4) is 0 Å². The van der Waals surface area contributed by atoms with Crippen LogP contribution >= 0.6 is 0 Å². The van der Waals surface area contributed by atoms with Crippen molar-refractivity contribution in [3.63, 3.8) is 0 Å². The van der Waals surface area contributed by atoms with Gasteiger partial charge in [0.15, 0.2) is 18.1 Å². The first-order valence-corrected chi connectivity index (χ1v) is 5.98. The summed E-state index contributed by atoms with van der Waals surface area (Å²) >= 11 is 0. The average Bonchev–Trinajstić information content (AvgIpc) is 2.83. The lowest BCUT2D eigenvalue weighted by atomic mass is 10.1. The summed E-state index contributed by atoms with van der Waals surface area (Å²) in [6.07, 6.45) is 1.07. The van der Waals surface area contributed by atoms with Gasteiger partial charge in [0.2, 0.25) is 6.79 Å². The molecular formula is C13H16N2O3. The molecule has 1 aliphatic rings. The normalized spacial score (nSPS) is 12.2. The van der Waals surface area contributed by atoms with Crippen molar-refractivity contribution in [2.45, 2.75) is 19.9 Å². The molecular weight excluding hydrogens is 232 g/mol. The number of rotatable bonds is 6. The Bertz CT molecular complexity index is 454. The molecule has 0 bridgehead atoms. The molecule has 1 aliphatic heterocycles. The second-order valence-corrected chi connectivity index (χ2v) is 3.94. The minimum absolute atomic E-state index is 0.0282. The molecule has 0 amide bonds. The molecule has 2 rings (SSSR count). The van der Waals surface area contributed by atoms with Gasteiger partial charge < -0.3 is 19.5 Å². The minimum Gasteiger partial charge on any atom is -0.478 e. The Kier molecular flexibility index (Phi) is 4.26. The summed E-state index contributed by atoms with van der Waals surface area (Å²) in [5.74, 6) is 2.07. The first-order chi connectivity index (χ1) is 8.85. The maximum atomic E-state index is 8.58. The zero-order chi connectivity index (χ0) is 12.8. The topological polar surface area (TPSA) is 63.5 Å². The maximum Gasteiger partial charge on any atom is 0.231 e. The van der Waals surface area contributed by atoms with Crippen molar-refractivity contribution < 1.29 is 14.2 Å². The molecule has 1 heterocycles. The van der Waals surface area contributed by atoms with Crippen LogP contribution in [0.5, 0.6) is 17.2 Å². The van der Waals surface area contributed by atoms with Crippen molar-refractivity contribution in [1.29, 1.82) is 5.26 Å². The minimum atomic E-state index is 0.0282. The third-order valence-electron chi connectivity index (χ3n) is 2.59. The molecule has 0 saturated heterocycles. The number of hydrogen-bond acceptors (Lipinski definition) is 5. The molecule has 5 nitrogen and oxygen atoms in total. The van der Waals surface area contributed by atoms with Gasteiger partial charge in [0.25, 0.3) is 0 Å². The van der Waals surface area contributed by atoms with Gasteiger partial charge in [0.1, 0.15) is 11.8 Å². The Hall–Kier alpha value is -1.93. The predicted molar refractivity (Wildman–Crippen MR) is 65.7 cm³/mol. The largest absolute Gasteiger partial charge is 0.478 e. The summed E-state index contributed by atoms with van der Waals surface area (Å²) < 4.78 is 16.0. The Morgan fingerprint density at radius 3 is 2.89 bits per heavy atom. The lowest BCUT2D eigenvalue weighted by molar-refractivity contribution is 0.174. The SMILES string of the molecule is CCCNCc1cc2c(cc1OCC#N)OCO2. The van der Waals surface area contributed by atoms with Gasteiger partial charge in [-0.1, -0.05) is 6.92 Å². The van der Waals surface area contributed by atoms with Gasteiger partial charge in [-0.3, -0.25) is 0 Å². The van der Waals surface area contributed by atoms with Crippen LogP contribution in [0.1, 0.15) is 18.9 Å². The van der Waals surface area contributed by atoms with Gasteiger partial charge in [-0.2, -0.15) is 5.26 Å². The third-order valence-corrected chi connectivity index (χ3v) is 2.59. The van der Waals surface area contributed by atoms with Crippen molar-refractivity contribution in [3.8, 4) is 23.3 Å². The van der Waals surface area contributed by atoms with Crippen LogP contribution in [0, 0.1) is 11.3 Å². The molecule has 0 aromatic heterocycles. The van der Waals surface area contributed by atoms with E-state index in [2.05, 4.69) is 12.2 Å². The molecule has 0 atom stereocenters. The first-order valence-electron chi connectivity index (χ1n) is 5.98. The number of nitriles is 1. The smallest absolute Gasteiger partial charge is 0.231 e. The fourth-order valence-corrected chi connectivity index (χ4v) is 1.75. The Balaban J connectivity index is 2.15. The molecule has 18 heavy (non-hydrogen) atoms. The van der Waals surface area contributed by atoms with E-state index in [-0.39, 0.29) is 13.4 Å². The summed E-state index contributed by atoms with van der Waals surface area (Å²) in [6.45, 7) is 4.00. The summed E-state index contributed by atoms with van der Waals surface area (Å²) in [4.78, 5) is 0. The highest BCUT2D eigenvalue weighted by Gasteiger charge is 2.17. The van der Waals surface area contributed by atoms with Crippen molar-refractivity contribution in [2.75, 3.05) is 19.9 Å². The number of fused-ring (bicyclic) bond motifs is 1. The molecule has 96 valence electrons. The van der Waals surface area contributed by atoms with E-state index in [0.29, 0.717) is 18.0 Å². The summed E-state index contributed by atoms with van der Waals surface area (Å²) in [6, 6.07) is 5.64. The number of benzene rings is 1. The fraction of sp³-hybridized carbons (Fsp3) is 0.462. The Labute approximate surface area is 106 Å². The number of hydrogen-bond donors (Lipinski definition) is 1. The molecule has 0 unspecified atom stereocenters. The highest BCUT2D eigenvalue weighted by Crippen LogP contribution is 2.38.